The van der Waals surface area contributed by atoms with Gasteiger partial charge >= 0.3 is 12.1 Å². The van der Waals surface area contributed by atoms with Crippen molar-refractivity contribution >= 4 is 5.97 Å². The second kappa shape index (κ2) is 5.53. The molecule has 0 saturated carbocycles. The van der Waals surface area contributed by atoms with Crippen LogP contribution in [0.3, 0.4) is 0 Å². The molecule has 0 aliphatic heterocycles. The zero-order chi connectivity index (χ0) is 12.9. The van der Waals surface area contributed by atoms with Gasteiger partial charge < -0.3 is 9.57 Å². The summed E-state index contributed by atoms with van der Waals surface area (Å²) in [5, 5.41) is 0. The standard InChI is InChI=1S/C10H10F3NO3/c1-16-8-4-2-7(3-5-8)6-14-17-9(15)10(11,12)13/h2-5,14H,6H2,1H3. The van der Waals surface area contributed by atoms with Crippen LogP contribution in [0.4, 0.5) is 13.2 Å². The summed E-state index contributed by atoms with van der Waals surface area (Å²) in [6.07, 6.45) is -4.99. The Balaban J connectivity index is 2.38. The Labute approximate surface area is 95.3 Å². The molecular weight excluding hydrogens is 239 g/mol. The third kappa shape index (κ3) is 4.31. The van der Waals surface area contributed by atoms with Crippen molar-refractivity contribution in [2.24, 2.45) is 0 Å². The molecule has 1 N–H and O–H groups in total. The van der Waals surface area contributed by atoms with E-state index in [1.807, 2.05) is 5.48 Å². The first-order valence-electron chi connectivity index (χ1n) is 4.57. The molecule has 94 valence electrons. The van der Waals surface area contributed by atoms with Gasteiger partial charge in [0.1, 0.15) is 5.75 Å². The smallest absolute Gasteiger partial charge is 0.492 e. The van der Waals surface area contributed by atoms with Gasteiger partial charge in [0.25, 0.3) is 0 Å². The van der Waals surface area contributed by atoms with Crippen LogP contribution in [0, 0.1) is 0 Å². The van der Waals surface area contributed by atoms with Gasteiger partial charge in [0.15, 0.2) is 0 Å². The average molecular weight is 249 g/mol. The number of hydroxylamine groups is 1. The van der Waals surface area contributed by atoms with E-state index in [0.717, 1.165) is 0 Å². The van der Waals surface area contributed by atoms with Crippen LogP contribution in [0.5, 0.6) is 5.75 Å². The lowest BCUT2D eigenvalue weighted by molar-refractivity contribution is -0.207. The maximum atomic E-state index is 11.7. The molecule has 0 amide bonds. The number of carbonyl (C=O) groups is 1. The van der Waals surface area contributed by atoms with Crippen molar-refractivity contribution in [3.8, 4) is 5.75 Å². The topological polar surface area (TPSA) is 47.6 Å². The Kier molecular flexibility index (Phi) is 4.33. The minimum atomic E-state index is -4.99. The second-order valence-electron chi connectivity index (χ2n) is 3.06. The van der Waals surface area contributed by atoms with Crippen molar-refractivity contribution < 1.29 is 27.5 Å². The first-order chi connectivity index (χ1) is 7.93. The van der Waals surface area contributed by atoms with E-state index in [1.165, 1.54) is 7.11 Å². The first-order valence-corrected chi connectivity index (χ1v) is 4.57. The van der Waals surface area contributed by atoms with Crippen LogP contribution in [-0.4, -0.2) is 19.3 Å². The molecule has 0 unspecified atom stereocenters. The summed E-state index contributed by atoms with van der Waals surface area (Å²) in [6, 6.07) is 6.55. The molecule has 1 aromatic rings. The maximum Gasteiger partial charge on any atom is 0.492 e. The largest absolute Gasteiger partial charge is 0.497 e. The summed E-state index contributed by atoms with van der Waals surface area (Å²) in [7, 11) is 1.50. The van der Waals surface area contributed by atoms with Gasteiger partial charge in [-0.05, 0) is 17.7 Å². The molecule has 1 rings (SSSR count). The van der Waals surface area contributed by atoms with E-state index >= 15 is 0 Å². The predicted octanol–water partition coefficient (Wildman–Crippen LogP) is 1.81. The van der Waals surface area contributed by atoms with Crippen LogP contribution in [0.1, 0.15) is 5.56 Å². The highest BCUT2D eigenvalue weighted by atomic mass is 19.4. The highest BCUT2D eigenvalue weighted by molar-refractivity contribution is 5.75. The average Bonchev–Trinajstić information content (AvgIpc) is 2.28. The van der Waals surface area contributed by atoms with Gasteiger partial charge in [-0.3, -0.25) is 0 Å². The minimum absolute atomic E-state index is 0.0220. The number of rotatable bonds is 4. The number of benzene rings is 1. The Morgan fingerprint density at radius 1 is 1.29 bits per heavy atom. The number of alkyl halides is 3. The van der Waals surface area contributed by atoms with Gasteiger partial charge in [-0.2, -0.15) is 13.2 Å². The zero-order valence-electron chi connectivity index (χ0n) is 8.88. The molecule has 0 aromatic heterocycles. The third-order valence-electron chi connectivity index (χ3n) is 1.83. The van der Waals surface area contributed by atoms with E-state index in [1.54, 1.807) is 24.3 Å². The molecule has 7 heteroatoms. The van der Waals surface area contributed by atoms with Gasteiger partial charge in [-0.25, -0.2) is 4.79 Å². The van der Waals surface area contributed by atoms with Crippen LogP contribution in [0.25, 0.3) is 0 Å². The SMILES string of the molecule is COc1ccc(CNOC(=O)C(F)(F)F)cc1. The molecule has 0 bridgehead atoms. The monoisotopic (exact) mass is 249 g/mol. The molecular formula is C10H10F3NO3. The molecule has 17 heavy (non-hydrogen) atoms. The Bertz CT molecular complexity index is 375. The summed E-state index contributed by atoms with van der Waals surface area (Å²) in [5.41, 5.74) is 2.59. The van der Waals surface area contributed by atoms with Crippen molar-refractivity contribution in [1.29, 1.82) is 0 Å². The maximum absolute atomic E-state index is 11.7. The van der Waals surface area contributed by atoms with Crippen LogP contribution in [0.2, 0.25) is 0 Å². The van der Waals surface area contributed by atoms with Crippen LogP contribution in [0.15, 0.2) is 24.3 Å². The Morgan fingerprint density at radius 3 is 2.35 bits per heavy atom. The summed E-state index contributed by atoms with van der Waals surface area (Å²) < 4.78 is 40.1. The number of nitrogens with one attached hydrogen (secondary N) is 1. The fourth-order valence-corrected chi connectivity index (χ4v) is 0.986. The molecule has 0 radical (unpaired) electrons. The normalized spacial score (nSPS) is 11.1. The Hall–Kier alpha value is -1.76. The quantitative estimate of drug-likeness (QED) is 0.827. The summed E-state index contributed by atoms with van der Waals surface area (Å²) in [4.78, 5) is 14.1. The van der Waals surface area contributed by atoms with Crippen molar-refractivity contribution in [2.75, 3.05) is 7.11 Å². The fraction of sp³-hybridized carbons (Fsp3) is 0.300. The van der Waals surface area contributed by atoms with E-state index in [9.17, 15) is 18.0 Å². The number of methoxy groups -OCH3 is 1. The lowest BCUT2D eigenvalue weighted by atomic mass is 10.2. The van der Waals surface area contributed by atoms with Crippen molar-refractivity contribution in [3.05, 3.63) is 29.8 Å². The fourth-order valence-electron chi connectivity index (χ4n) is 0.986. The van der Waals surface area contributed by atoms with E-state index in [0.29, 0.717) is 11.3 Å². The van der Waals surface area contributed by atoms with Gasteiger partial charge in [-0.1, -0.05) is 12.1 Å². The number of hydrogen-bond donors (Lipinski definition) is 1. The first kappa shape index (κ1) is 13.3. The highest BCUT2D eigenvalue weighted by Crippen LogP contribution is 2.16. The summed E-state index contributed by atoms with van der Waals surface area (Å²) >= 11 is 0. The van der Waals surface area contributed by atoms with E-state index in [4.69, 9.17) is 4.74 Å². The predicted molar refractivity (Wildman–Crippen MR) is 52.0 cm³/mol. The molecule has 0 saturated heterocycles. The molecule has 0 fully saturated rings. The molecule has 0 spiro atoms. The zero-order valence-corrected chi connectivity index (χ0v) is 8.88. The Morgan fingerprint density at radius 2 is 1.88 bits per heavy atom. The second-order valence-corrected chi connectivity index (χ2v) is 3.06. The molecule has 4 nitrogen and oxygen atoms in total. The number of ether oxygens (including phenoxy) is 1. The number of hydrogen-bond acceptors (Lipinski definition) is 4. The lowest BCUT2D eigenvalue weighted by Crippen LogP contribution is -2.31. The van der Waals surface area contributed by atoms with Crippen LogP contribution >= 0.6 is 0 Å². The summed E-state index contributed by atoms with van der Waals surface area (Å²) in [5.74, 6) is -1.65. The van der Waals surface area contributed by atoms with Crippen LogP contribution in [-0.2, 0) is 16.2 Å². The van der Waals surface area contributed by atoms with Gasteiger partial charge in [0.2, 0.25) is 0 Å². The molecule has 0 aliphatic rings. The van der Waals surface area contributed by atoms with E-state index in [2.05, 4.69) is 4.84 Å². The third-order valence-corrected chi connectivity index (χ3v) is 1.83. The minimum Gasteiger partial charge on any atom is -0.497 e. The van der Waals surface area contributed by atoms with E-state index in [-0.39, 0.29) is 6.54 Å². The summed E-state index contributed by atoms with van der Waals surface area (Å²) in [6.45, 7) is -0.0220. The molecule has 0 heterocycles. The van der Waals surface area contributed by atoms with Crippen molar-refractivity contribution in [1.82, 2.24) is 5.48 Å². The number of halogens is 3. The van der Waals surface area contributed by atoms with E-state index < -0.39 is 12.1 Å². The molecule has 0 aliphatic carbocycles. The van der Waals surface area contributed by atoms with Crippen molar-refractivity contribution in [3.63, 3.8) is 0 Å². The van der Waals surface area contributed by atoms with Gasteiger partial charge in [0.05, 0.1) is 13.7 Å². The molecule has 1 aromatic carbocycles. The van der Waals surface area contributed by atoms with Crippen LogP contribution < -0.4 is 10.2 Å². The molecule has 0 atom stereocenters. The lowest BCUT2D eigenvalue weighted by Gasteiger charge is -2.08. The highest BCUT2D eigenvalue weighted by Gasteiger charge is 2.41. The number of carbonyl (C=O) groups excluding carboxylic acids is 1. The van der Waals surface area contributed by atoms with Crippen molar-refractivity contribution in [2.45, 2.75) is 12.7 Å². The van der Waals surface area contributed by atoms with Gasteiger partial charge in [-0.15, -0.1) is 5.48 Å². The van der Waals surface area contributed by atoms with Gasteiger partial charge in [0, 0.05) is 0 Å².